The summed E-state index contributed by atoms with van der Waals surface area (Å²) >= 11 is 0. The van der Waals surface area contributed by atoms with Crippen molar-refractivity contribution in [3.63, 3.8) is 0 Å². The average Bonchev–Trinajstić information content (AvgIpc) is 2.77. The molecule has 4 rings (SSSR count). The molecule has 3 aliphatic carbocycles. The van der Waals surface area contributed by atoms with E-state index >= 15 is 4.39 Å². The Morgan fingerprint density at radius 3 is 2.40 bits per heavy atom. The van der Waals surface area contributed by atoms with E-state index in [0.717, 1.165) is 36.2 Å². The van der Waals surface area contributed by atoms with E-state index in [4.69, 9.17) is 0 Å². The van der Waals surface area contributed by atoms with E-state index in [1.54, 1.807) is 0 Å². The molecule has 1 aromatic carbocycles. The summed E-state index contributed by atoms with van der Waals surface area (Å²) in [7, 11) is 0. The molecule has 1 aromatic rings. The van der Waals surface area contributed by atoms with Crippen LogP contribution in [0.1, 0.15) is 126 Å². The third kappa shape index (κ3) is 5.31. The number of benzene rings is 1. The number of hydrogen-bond donors (Lipinski definition) is 0. The molecule has 2 fully saturated rings. The molecule has 0 nitrogen and oxygen atoms in total. The Kier molecular flexibility index (Phi) is 7.93. The summed E-state index contributed by atoms with van der Waals surface area (Å²) in [5.41, 5.74) is 3.74. The van der Waals surface area contributed by atoms with E-state index in [1.807, 2.05) is 6.07 Å². The minimum atomic E-state index is 0.116. The third-order valence-corrected chi connectivity index (χ3v) is 9.00. The van der Waals surface area contributed by atoms with Gasteiger partial charge in [0, 0.05) is 0 Å². The van der Waals surface area contributed by atoms with Crippen LogP contribution in [0.3, 0.4) is 0 Å². The molecule has 1 heteroatoms. The fourth-order valence-corrected chi connectivity index (χ4v) is 7.13. The van der Waals surface area contributed by atoms with Gasteiger partial charge in [-0.1, -0.05) is 71.3 Å². The van der Waals surface area contributed by atoms with E-state index in [9.17, 15) is 0 Å². The molecule has 3 aliphatic rings. The zero-order chi connectivity index (χ0) is 20.9. The monoisotopic (exact) mass is 412 g/mol. The molecule has 0 bridgehead atoms. The van der Waals surface area contributed by atoms with Crippen LogP contribution in [0.5, 0.6) is 0 Å². The summed E-state index contributed by atoms with van der Waals surface area (Å²) in [6.07, 6.45) is 21.2. The van der Waals surface area contributed by atoms with Crippen LogP contribution >= 0.6 is 0 Å². The number of aryl methyl sites for hydroxylation is 1. The molecule has 5 unspecified atom stereocenters. The van der Waals surface area contributed by atoms with Crippen molar-refractivity contribution in [1.29, 1.82) is 0 Å². The van der Waals surface area contributed by atoms with Crippen molar-refractivity contribution < 1.29 is 4.39 Å². The fraction of sp³-hybridized carbons (Fsp3) is 0.793. The zero-order valence-electron chi connectivity index (χ0n) is 19.7. The quantitative estimate of drug-likeness (QED) is 0.374. The first-order valence-corrected chi connectivity index (χ1v) is 13.5. The number of fused-ring (bicyclic) bond motifs is 2. The minimum absolute atomic E-state index is 0.116. The van der Waals surface area contributed by atoms with E-state index < -0.39 is 0 Å². The molecule has 0 aliphatic heterocycles. The molecule has 0 radical (unpaired) electrons. The molecule has 0 N–H and O–H groups in total. The maximum Gasteiger partial charge on any atom is 0.126 e. The molecule has 5 atom stereocenters. The smallest absolute Gasteiger partial charge is 0.126 e. The second-order valence-electron chi connectivity index (χ2n) is 11.1. The second kappa shape index (κ2) is 10.6. The van der Waals surface area contributed by atoms with Gasteiger partial charge in [-0.3, -0.25) is 0 Å². The van der Waals surface area contributed by atoms with Gasteiger partial charge in [-0.2, -0.15) is 0 Å². The Hall–Kier alpha value is -0.850. The van der Waals surface area contributed by atoms with Gasteiger partial charge >= 0.3 is 0 Å². The van der Waals surface area contributed by atoms with Crippen LogP contribution in [0.15, 0.2) is 12.1 Å². The standard InChI is InChI=1S/C29H45F/c1-3-5-7-9-21-10-12-24-18-25(15-14-23(24)16-21)27-19-26-13-11-22(8-6-4-2)17-28(26)29(30)20-27/h19-25H,3-18H2,1-2H3. The van der Waals surface area contributed by atoms with Crippen molar-refractivity contribution in [3.05, 3.63) is 34.6 Å². The number of halogens is 1. The maximum atomic E-state index is 15.1. The van der Waals surface area contributed by atoms with Gasteiger partial charge in [-0.05, 0) is 104 Å². The Balaban J connectivity index is 1.36. The van der Waals surface area contributed by atoms with Gasteiger partial charge in [0.2, 0.25) is 0 Å². The third-order valence-electron chi connectivity index (χ3n) is 9.00. The van der Waals surface area contributed by atoms with Gasteiger partial charge in [0.15, 0.2) is 0 Å². The highest BCUT2D eigenvalue weighted by Crippen LogP contribution is 2.49. The van der Waals surface area contributed by atoms with Crippen molar-refractivity contribution in [2.24, 2.45) is 23.7 Å². The van der Waals surface area contributed by atoms with E-state index in [0.29, 0.717) is 11.8 Å². The van der Waals surface area contributed by atoms with Gasteiger partial charge in [0.25, 0.3) is 0 Å². The van der Waals surface area contributed by atoms with Crippen LogP contribution in [0, 0.1) is 29.5 Å². The van der Waals surface area contributed by atoms with Crippen LogP contribution in [-0.4, -0.2) is 0 Å². The van der Waals surface area contributed by atoms with Gasteiger partial charge < -0.3 is 0 Å². The molecular formula is C29H45F. The first-order valence-electron chi connectivity index (χ1n) is 13.5. The lowest BCUT2D eigenvalue weighted by molar-refractivity contribution is 0.113. The second-order valence-corrected chi connectivity index (χ2v) is 11.1. The van der Waals surface area contributed by atoms with E-state index in [1.165, 1.54) is 101 Å². The normalized spacial score (nSPS) is 31.2. The van der Waals surface area contributed by atoms with Crippen molar-refractivity contribution in [2.75, 3.05) is 0 Å². The zero-order valence-corrected chi connectivity index (χ0v) is 19.7. The largest absolute Gasteiger partial charge is 0.207 e. The molecule has 0 aromatic heterocycles. The van der Waals surface area contributed by atoms with Crippen LogP contribution in [0.25, 0.3) is 0 Å². The summed E-state index contributed by atoms with van der Waals surface area (Å²) in [4.78, 5) is 0. The van der Waals surface area contributed by atoms with Gasteiger partial charge in [-0.15, -0.1) is 0 Å². The lowest BCUT2D eigenvalue weighted by Crippen LogP contribution is -2.30. The highest BCUT2D eigenvalue weighted by Gasteiger charge is 2.36. The average molecular weight is 413 g/mol. The predicted octanol–water partition coefficient (Wildman–Crippen LogP) is 9.00. The van der Waals surface area contributed by atoms with Crippen LogP contribution in [0.2, 0.25) is 0 Å². The topological polar surface area (TPSA) is 0 Å². The molecular weight excluding hydrogens is 367 g/mol. The van der Waals surface area contributed by atoms with Crippen molar-refractivity contribution in [3.8, 4) is 0 Å². The van der Waals surface area contributed by atoms with Crippen molar-refractivity contribution in [2.45, 2.75) is 122 Å². The summed E-state index contributed by atoms with van der Waals surface area (Å²) in [5, 5.41) is 0. The summed E-state index contributed by atoms with van der Waals surface area (Å²) < 4.78 is 15.1. The number of rotatable bonds is 8. The molecule has 2 saturated carbocycles. The van der Waals surface area contributed by atoms with Crippen molar-refractivity contribution >= 4 is 0 Å². The van der Waals surface area contributed by atoms with Crippen LogP contribution in [-0.2, 0) is 12.8 Å². The molecule has 0 spiro atoms. The first kappa shape index (κ1) is 22.3. The first-order chi connectivity index (χ1) is 14.7. The minimum Gasteiger partial charge on any atom is -0.207 e. The Labute approximate surface area is 185 Å². The summed E-state index contributed by atoms with van der Waals surface area (Å²) in [6.45, 7) is 4.57. The number of hydrogen-bond acceptors (Lipinski definition) is 0. The van der Waals surface area contributed by atoms with Gasteiger partial charge in [-0.25, -0.2) is 4.39 Å². The molecule has 30 heavy (non-hydrogen) atoms. The molecule has 0 saturated heterocycles. The summed E-state index contributed by atoms with van der Waals surface area (Å²) in [6, 6.07) is 4.37. The van der Waals surface area contributed by atoms with Crippen molar-refractivity contribution in [1.82, 2.24) is 0 Å². The highest BCUT2D eigenvalue weighted by molar-refractivity contribution is 5.37. The molecule has 0 amide bonds. The number of unbranched alkanes of at least 4 members (excludes halogenated alkanes) is 3. The predicted molar refractivity (Wildman–Crippen MR) is 126 cm³/mol. The Morgan fingerprint density at radius 2 is 1.57 bits per heavy atom. The lowest BCUT2D eigenvalue weighted by Gasteiger charge is -2.42. The fourth-order valence-electron chi connectivity index (χ4n) is 7.13. The van der Waals surface area contributed by atoms with Gasteiger partial charge in [0.1, 0.15) is 5.82 Å². The molecule has 168 valence electrons. The van der Waals surface area contributed by atoms with E-state index in [-0.39, 0.29) is 5.82 Å². The maximum absolute atomic E-state index is 15.1. The van der Waals surface area contributed by atoms with Gasteiger partial charge in [0.05, 0.1) is 0 Å². The Morgan fingerprint density at radius 1 is 0.800 bits per heavy atom. The lowest BCUT2D eigenvalue weighted by atomic mass is 9.63. The summed E-state index contributed by atoms with van der Waals surface area (Å²) in [5.74, 6) is 4.30. The Bertz CT molecular complexity index is 677. The van der Waals surface area contributed by atoms with E-state index in [2.05, 4.69) is 19.9 Å². The van der Waals surface area contributed by atoms with Crippen LogP contribution in [0.4, 0.5) is 4.39 Å². The highest BCUT2D eigenvalue weighted by atomic mass is 19.1. The SMILES string of the molecule is CCCCCC1CCC2CC(c3cc(F)c4c(c3)CCC(CCCC)C4)CCC2C1. The van der Waals surface area contributed by atoms with Crippen LogP contribution < -0.4 is 0 Å². The molecule has 0 heterocycles.